The topological polar surface area (TPSA) is 74.2 Å². The molecule has 3 aromatic rings. The molecule has 0 radical (unpaired) electrons. The van der Waals surface area contributed by atoms with Crippen LogP contribution in [-0.2, 0) is 0 Å². The van der Waals surface area contributed by atoms with Crippen molar-refractivity contribution in [3.05, 3.63) is 40.3 Å². The largest absolute Gasteiger partial charge is 0.354 e. The van der Waals surface area contributed by atoms with E-state index in [1.165, 1.54) is 11.3 Å². The number of hydrogen-bond acceptors (Lipinski definition) is 7. The standard InChI is InChI=1S/C20H24N6OS/c1-12-17-13(2)22-14(3)23-20(17)28-18(12)19(27)24-15-5-6-16(21-11-15)26-9-7-25(4)8-10-26/h5-6,11H,7-10H2,1-4H3,(H,24,27). The van der Waals surface area contributed by atoms with Crippen LogP contribution in [0.3, 0.4) is 0 Å². The fourth-order valence-electron chi connectivity index (χ4n) is 3.56. The second kappa shape index (κ2) is 7.44. The fraction of sp³-hybridized carbons (Fsp3) is 0.400. The Labute approximate surface area is 168 Å². The molecule has 4 heterocycles. The van der Waals surface area contributed by atoms with E-state index in [1.807, 2.05) is 32.9 Å². The molecular weight excluding hydrogens is 372 g/mol. The minimum absolute atomic E-state index is 0.133. The third-order valence-electron chi connectivity index (χ3n) is 5.12. The quantitative estimate of drug-likeness (QED) is 0.734. The van der Waals surface area contributed by atoms with Gasteiger partial charge in [-0.05, 0) is 45.5 Å². The second-order valence-corrected chi connectivity index (χ2v) is 8.24. The highest BCUT2D eigenvalue weighted by atomic mass is 32.1. The molecular formula is C20H24N6OS. The number of piperazine rings is 1. The zero-order valence-electron chi connectivity index (χ0n) is 16.6. The number of aromatic nitrogens is 3. The number of carbonyl (C=O) groups excluding carboxylic acids is 1. The number of thiophene rings is 1. The van der Waals surface area contributed by atoms with Crippen LogP contribution in [-0.4, -0.2) is 59.0 Å². The molecule has 1 aliphatic rings. The molecule has 0 aromatic carbocycles. The van der Waals surface area contributed by atoms with Crippen LogP contribution >= 0.6 is 11.3 Å². The van der Waals surface area contributed by atoms with Crippen molar-refractivity contribution in [3.8, 4) is 0 Å². The Morgan fingerprint density at radius 2 is 1.86 bits per heavy atom. The van der Waals surface area contributed by atoms with Crippen LogP contribution in [0.1, 0.15) is 26.8 Å². The summed E-state index contributed by atoms with van der Waals surface area (Å²) in [5.41, 5.74) is 2.53. The van der Waals surface area contributed by atoms with Gasteiger partial charge in [-0.25, -0.2) is 15.0 Å². The number of pyridine rings is 1. The molecule has 0 unspecified atom stereocenters. The molecule has 1 amide bonds. The summed E-state index contributed by atoms with van der Waals surface area (Å²) < 4.78 is 0. The molecule has 0 saturated carbocycles. The summed E-state index contributed by atoms with van der Waals surface area (Å²) >= 11 is 1.41. The lowest BCUT2D eigenvalue weighted by Crippen LogP contribution is -2.44. The Bertz CT molecular complexity index is 1020. The van der Waals surface area contributed by atoms with Crippen molar-refractivity contribution in [1.29, 1.82) is 0 Å². The SMILES string of the molecule is Cc1nc(C)c2c(C)c(C(=O)Nc3ccc(N4CCN(C)CC4)nc3)sc2n1. The van der Waals surface area contributed by atoms with E-state index in [1.54, 1.807) is 6.20 Å². The molecule has 4 rings (SSSR count). The van der Waals surface area contributed by atoms with Crippen molar-refractivity contribution < 1.29 is 4.79 Å². The van der Waals surface area contributed by atoms with Gasteiger partial charge in [0.15, 0.2) is 0 Å². The smallest absolute Gasteiger partial charge is 0.266 e. The van der Waals surface area contributed by atoms with Crippen molar-refractivity contribution in [2.45, 2.75) is 20.8 Å². The van der Waals surface area contributed by atoms with Gasteiger partial charge in [-0.2, -0.15) is 0 Å². The Morgan fingerprint density at radius 3 is 2.54 bits per heavy atom. The van der Waals surface area contributed by atoms with Gasteiger partial charge < -0.3 is 15.1 Å². The van der Waals surface area contributed by atoms with Crippen LogP contribution in [0, 0.1) is 20.8 Å². The van der Waals surface area contributed by atoms with E-state index < -0.39 is 0 Å². The van der Waals surface area contributed by atoms with Gasteiger partial charge in [0.1, 0.15) is 16.5 Å². The zero-order valence-corrected chi connectivity index (χ0v) is 17.4. The highest BCUT2D eigenvalue weighted by Crippen LogP contribution is 2.31. The lowest BCUT2D eigenvalue weighted by Gasteiger charge is -2.33. The second-order valence-electron chi connectivity index (χ2n) is 7.24. The summed E-state index contributed by atoms with van der Waals surface area (Å²) in [4.78, 5) is 32.4. The predicted octanol–water partition coefficient (Wildman–Crippen LogP) is 3.02. The van der Waals surface area contributed by atoms with Crippen molar-refractivity contribution in [1.82, 2.24) is 19.9 Å². The average molecular weight is 397 g/mol. The summed E-state index contributed by atoms with van der Waals surface area (Å²) in [5.74, 6) is 1.54. The molecule has 1 aliphatic heterocycles. The first-order valence-electron chi connectivity index (χ1n) is 9.37. The van der Waals surface area contributed by atoms with Crippen LogP contribution in [0.4, 0.5) is 11.5 Å². The number of fused-ring (bicyclic) bond motifs is 1. The van der Waals surface area contributed by atoms with Crippen molar-refractivity contribution in [2.75, 3.05) is 43.4 Å². The Kier molecular flexibility index (Phi) is 4.99. The summed E-state index contributed by atoms with van der Waals surface area (Å²) in [7, 11) is 2.13. The first-order chi connectivity index (χ1) is 13.4. The van der Waals surface area contributed by atoms with Gasteiger partial charge in [-0.3, -0.25) is 4.79 Å². The zero-order chi connectivity index (χ0) is 19.8. The molecule has 0 aliphatic carbocycles. The normalized spacial score (nSPS) is 15.2. The van der Waals surface area contributed by atoms with Gasteiger partial charge in [0.2, 0.25) is 0 Å². The molecule has 3 aromatic heterocycles. The maximum absolute atomic E-state index is 12.8. The van der Waals surface area contributed by atoms with Crippen molar-refractivity contribution in [2.24, 2.45) is 0 Å². The van der Waals surface area contributed by atoms with Crippen LogP contribution in [0.25, 0.3) is 10.2 Å². The minimum Gasteiger partial charge on any atom is -0.354 e. The highest BCUT2D eigenvalue weighted by molar-refractivity contribution is 7.20. The van der Waals surface area contributed by atoms with E-state index in [2.05, 4.69) is 37.1 Å². The van der Waals surface area contributed by atoms with Crippen LogP contribution < -0.4 is 10.2 Å². The van der Waals surface area contributed by atoms with Gasteiger partial charge >= 0.3 is 0 Å². The molecule has 1 N–H and O–H groups in total. The maximum atomic E-state index is 12.8. The van der Waals surface area contributed by atoms with Gasteiger partial charge in [-0.15, -0.1) is 11.3 Å². The molecule has 8 heteroatoms. The lowest BCUT2D eigenvalue weighted by atomic mass is 10.1. The number of carbonyl (C=O) groups is 1. The third-order valence-corrected chi connectivity index (χ3v) is 6.31. The van der Waals surface area contributed by atoms with Crippen molar-refractivity contribution >= 4 is 39.0 Å². The molecule has 7 nitrogen and oxygen atoms in total. The Balaban J connectivity index is 1.52. The molecule has 0 atom stereocenters. The van der Waals surface area contributed by atoms with Gasteiger partial charge in [0.25, 0.3) is 5.91 Å². The van der Waals surface area contributed by atoms with E-state index >= 15 is 0 Å². The average Bonchev–Trinajstić information content (AvgIpc) is 3.00. The monoisotopic (exact) mass is 396 g/mol. The van der Waals surface area contributed by atoms with E-state index in [-0.39, 0.29) is 5.91 Å². The Morgan fingerprint density at radius 1 is 1.11 bits per heavy atom. The predicted molar refractivity (Wildman–Crippen MR) is 114 cm³/mol. The summed E-state index contributed by atoms with van der Waals surface area (Å²) in [6.45, 7) is 9.79. The number of rotatable bonds is 3. The first-order valence-corrected chi connectivity index (χ1v) is 10.2. The fourth-order valence-corrected chi connectivity index (χ4v) is 4.73. The highest BCUT2D eigenvalue weighted by Gasteiger charge is 2.19. The lowest BCUT2D eigenvalue weighted by molar-refractivity contribution is 0.103. The third kappa shape index (κ3) is 3.57. The van der Waals surface area contributed by atoms with Gasteiger partial charge in [-0.1, -0.05) is 0 Å². The molecule has 1 fully saturated rings. The number of anilines is 2. The van der Waals surface area contributed by atoms with Crippen LogP contribution in [0.15, 0.2) is 18.3 Å². The summed E-state index contributed by atoms with van der Waals surface area (Å²) in [5, 5.41) is 3.94. The number of hydrogen-bond donors (Lipinski definition) is 1. The molecule has 0 bridgehead atoms. The first kappa shape index (κ1) is 18.8. The summed E-state index contributed by atoms with van der Waals surface area (Å²) in [6.07, 6.45) is 1.73. The van der Waals surface area contributed by atoms with Crippen LogP contribution in [0.2, 0.25) is 0 Å². The number of nitrogens with one attached hydrogen (secondary N) is 1. The van der Waals surface area contributed by atoms with E-state index in [0.717, 1.165) is 59.3 Å². The molecule has 28 heavy (non-hydrogen) atoms. The molecule has 146 valence electrons. The molecule has 0 spiro atoms. The number of nitrogens with zero attached hydrogens (tertiary/aromatic N) is 5. The maximum Gasteiger partial charge on any atom is 0.266 e. The van der Waals surface area contributed by atoms with E-state index in [4.69, 9.17) is 0 Å². The molecule has 1 saturated heterocycles. The van der Waals surface area contributed by atoms with E-state index in [9.17, 15) is 4.79 Å². The Hall–Kier alpha value is -2.58. The number of likely N-dealkylation sites (N-methyl/N-ethyl adjacent to an activating group) is 1. The van der Waals surface area contributed by atoms with E-state index in [0.29, 0.717) is 10.6 Å². The number of amides is 1. The van der Waals surface area contributed by atoms with Gasteiger partial charge in [0, 0.05) is 37.3 Å². The van der Waals surface area contributed by atoms with Crippen molar-refractivity contribution in [3.63, 3.8) is 0 Å². The summed E-state index contributed by atoms with van der Waals surface area (Å²) in [6, 6.07) is 3.88. The van der Waals surface area contributed by atoms with Gasteiger partial charge in [0.05, 0.1) is 16.8 Å². The number of aryl methyl sites for hydroxylation is 3. The minimum atomic E-state index is -0.133. The van der Waals surface area contributed by atoms with Crippen LogP contribution in [0.5, 0.6) is 0 Å².